The number of carbonyl (C=O) groups is 2. The lowest BCUT2D eigenvalue weighted by Crippen LogP contribution is -2.39. The van der Waals surface area contributed by atoms with E-state index in [9.17, 15) is 9.59 Å². The molecule has 2 amide bonds. The molecule has 1 fully saturated rings. The second-order valence-electron chi connectivity index (χ2n) is 6.75. The standard InChI is InChI=1S/C21H22ClN3O3S/c1-24-20(27)18(13-19(26)23-16-7-9-17(28-2)10-8-16)25(21(24)29)12-11-14-3-5-15(22)6-4-14/h3-10,18H,11-13H2,1-2H3,(H,23,26)/t18-/m1/s1. The first-order valence-electron chi connectivity index (χ1n) is 9.15. The second-order valence-corrected chi connectivity index (χ2v) is 7.55. The van der Waals surface area contributed by atoms with Gasteiger partial charge in [-0.2, -0.15) is 0 Å². The van der Waals surface area contributed by atoms with Crippen molar-refractivity contribution in [3.63, 3.8) is 0 Å². The third kappa shape index (κ3) is 5.05. The number of likely N-dealkylation sites (N-methyl/N-ethyl adjacent to an activating group) is 1. The number of thiocarbonyl (C=S) groups is 1. The molecule has 0 aliphatic carbocycles. The van der Waals surface area contributed by atoms with Crippen LogP contribution in [0.15, 0.2) is 48.5 Å². The van der Waals surface area contributed by atoms with Crippen molar-refractivity contribution in [1.29, 1.82) is 0 Å². The van der Waals surface area contributed by atoms with Crippen LogP contribution in [0.5, 0.6) is 5.75 Å². The number of nitrogens with zero attached hydrogens (tertiary/aromatic N) is 2. The lowest BCUT2D eigenvalue weighted by Gasteiger charge is -2.23. The van der Waals surface area contributed by atoms with Crippen LogP contribution >= 0.6 is 23.8 Å². The van der Waals surface area contributed by atoms with Crippen LogP contribution < -0.4 is 10.1 Å². The molecule has 1 aliphatic heterocycles. The van der Waals surface area contributed by atoms with Gasteiger partial charge >= 0.3 is 0 Å². The van der Waals surface area contributed by atoms with Crippen LogP contribution in [-0.4, -0.2) is 53.5 Å². The molecule has 2 aromatic rings. The molecule has 0 unspecified atom stereocenters. The topological polar surface area (TPSA) is 61.9 Å². The number of rotatable bonds is 7. The molecular formula is C21H22ClN3O3S. The van der Waals surface area contributed by atoms with Gasteiger partial charge in [-0.15, -0.1) is 0 Å². The molecule has 1 aliphatic rings. The number of nitrogens with one attached hydrogen (secondary N) is 1. The Morgan fingerprint density at radius 3 is 2.45 bits per heavy atom. The number of halogens is 1. The lowest BCUT2D eigenvalue weighted by atomic mass is 10.1. The molecule has 152 valence electrons. The lowest BCUT2D eigenvalue weighted by molar-refractivity contribution is -0.130. The third-order valence-corrected chi connectivity index (χ3v) is 5.59. The molecule has 0 radical (unpaired) electrons. The van der Waals surface area contributed by atoms with E-state index >= 15 is 0 Å². The van der Waals surface area contributed by atoms with Gasteiger partial charge < -0.3 is 15.0 Å². The Morgan fingerprint density at radius 1 is 1.17 bits per heavy atom. The van der Waals surface area contributed by atoms with E-state index in [2.05, 4.69) is 5.32 Å². The van der Waals surface area contributed by atoms with Crippen molar-refractivity contribution in [2.75, 3.05) is 26.0 Å². The summed E-state index contributed by atoms with van der Waals surface area (Å²) in [5, 5.41) is 3.93. The fraction of sp³-hybridized carbons (Fsp3) is 0.286. The molecule has 0 aromatic heterocycles. The Kier molecular flexibility index (Phi) is 6.71. The largest absolute Gasteiger partial charge is 0.497 e. The first-order chi connectivity index (χ1) is 13.9. The van der Waals surface area contributed by atoms with E-state index in [0.29, 0.717) is 34.5 Å². The minimum absolute atomic E-state index is 0.0238. The van der Waals surface area contributed by atoms with Crippen LogP contribution in [0, 0.1) is 0 Å². The van der Waals surface area contributed by atoms with Gasteiger partial charge in [0.2, 0.25) is 5.91 Å². The monoisotopic (exact) mass is 431 g/mol. The van der Waals surface area contributed by atoms with Gasteiger partial charge in [-0.05, 0) is 60.6 Å². The van der Waals surface area contributed by atoms with Gasteiger partial charge in [0.25, 0.3) is 5.91 Å². The van der Waals surface area contributed by atoms with Crippen molar-refractivity contribution >= 4 is 46.4 Å². The van der Waals surface area contributed by atoms with E-state index in [1.807, 2.05) is 29.2 Å². The van der Waals surface area contributed by atoms with Gasteiger partial charge in [-0.3, -0.25) is 14.5 Å². The average Bonchev–Trinajstić information content (AvgIpc) is 2.92. The van der Waals surface area contributed by atoms with Crippen LogP contribution in [0.25, 0.3) is 0 Å². The number of anilines is 1. The number of hydrogen-bond donors (Lipinski definition) is 1. The third-order valence-electron chi connectivity index (χ3n) is 4.83. The van der Waals surface area contributed by atoms with Crippen LogP contribution in [0.4, 0.5) is 5.69 Å². The summed E-state index contributed by atoms with van der Waals surface area (Å²) < 4.78 is 5.11. The van der Waals surface area contributed by atoms with Crippen LogP contribution in [-0.2, 0) is 16.0 Å². The number of hydrogen-bond acceptors (Lipinski definition) is 4. The molecule has 3 rings (SSSR count). The highest BCUT2D eigenvalue weighted by Crippen LogP contribution is 2.22. The Hall–Kier alpha value is -2.64. The van der Waals surface area contributed by atoms with Crippen molar-refractivity contribution < 1.29 is 14.3 Å². The summed E-state index contributed by atoms with van der Waals surface area (Å²) in [5.41, 5.74) is 1.73. The predicted octanol–water partition coefficient (Wildman–Crippen LogP) is 3.35. The smallest absolute Gasteiger partial charge is 0.251 e. The maximum Gasteiger partial charge on any atom is 0.251 e. The SMILES string of the molecule is COc1ccc(NC(=O)C[C@@H]2C(=O)N(C)C(=S)N2CCc2ccc(Cl)cc2)cc1. The maximum absolute atomic E-state index is 12.6. The minimum atomic E-state index is -0.613. The normalized spacial score (nSPS) is 16.3. The molecule has 0 spiro atoms. The average molecular weight is 432 g/mol. The summed E-state index contributed by atoms with van der Waals surface area (Å²) in [4.78, 5) is 28.4. The van der Waals surface area contributed by atoms with Crippen molar-refractivity contribution in [1.82, 2.24) is 9.80 Å². The zero-order valence-electron chi connectivity index (χ0n) is 16.2. The van der Waals surface area contributed by atoms with E-state index in [0.717, 1.165) is 5.56 Å². The highest BCUT2D eigenvalue weighted by Gasteiger charge is 2.41. The van der Waals surface area contributed by atoms with Crippen molar-refractivity contribution in [2.24, 2.45) is 0 Å². The molecule has 8 heteroatoms. The zero-order chi connectivity index (χ0) is 21.0. The zero-order valence-corrected chi connectivity index (χ0v) is 17.8. The second kappa shape index (κ2) is 9.24. The predicted molar refractivity (Wildman–Crippen MR) is 117 cm³/mol. The first kappa shape index (κ1) is 21.1. The van der Waals surface area contributed by atoms with Gasteiger partial charge in [-0.25, -0.2) is 0 Å². The Labute approximate surface area is 180 Å². The molecule has 1 atom stereocenters. The van der Waals surface area contributed by atoms with Crippen molar-refractivity contribution in [3.8, 4) is 5.75 Å². The number of carbonyl (C=O) groups excluding carboxylic acids is 2. The molecule has 1 heterocycles. The highest BCUT2D eigenvalue weighted by atomic mass is 35.5. The Bertz CT molecular complexity index is 902. The fourth-order valence-electron chi connectivity index (χ4n) is 3.19. The quantitative estimate of drug-likeness (QED) is 0.681. The van der Waals surface area contributed by atoms with Crippen LogP contribution in [0.2, 0.25) is 5.02 Å². The van der Waals surface area contributed by atoms with E-state index < -0.39 is 6.04 Å². The number of benzene rings is 2. The van der Waals surface area contributed by atoms with E-state index in [1.54, 1.807) is 38.4 Å². The van der Waals surface area contributed by atoms with Crippen LogP contribution in [0.1, 0.15) is 12.0 Å². The first-order valence-corrected chi connectivity index (χ1v) is 9.94. The number of ether oxygens (including phenoxy) is 1. The van der Waals surface area contributed by atoms with Gasteiger partial charge in [0.1, 0.15) is 11.8 Å². The summed E-state index contributed by atoms with van der Waals surface area (Å²) in [7, 11) is 3.22. The minimum Gasteiger partial charge on any atom is -0.497 e. The number of methoxy groups -OCH3 is 1. The number of amides is 2. The molecule has 1 saturated heterocycles. The Morgan fingerprint density at radius 2 is 1.83 bits per heavy atom. The van der Waals surface area contributed by atoms with Crippen molar-refractivity contribution in [2.45, 2.75) is 18.9 Å². The van der Waals surface area contributed by atoms with E-state index in [1.165, 1.54) is 4.90 Å². The molecular weight excluding hydrogens is 410 g/mol. The molecule has 2 aromatic carbocycles. The molecule has 0 saturated carbocycles. The Balaban J connectivity index is 1.65. The molecule has 1 N–H and O–H groups in total. The summed E-state index contributed by atoms with van der Waals surface area (Å²) in [6.07, 6.45) is 0.713. The van der Waals surface area contributed by atoms with Gasteiger partial charge in [-0.1, -0.05) is 23.7 Å². The van der Waals surface area contributed by atoms with Crippen molar-refractivity contribution in [3.05, 3.63) is 59.1 Å². The summed E-state index contributed by atoms with van der Waals surface area (Å²) in [6, 6.07) is 14.0. The molecule has 29 heavy (non-hydrogen) atoms. The van der Waals surface area contributed by atoms with Gasteiger partial charge in [0.15, 0.2) is 5.11 Å². The molecule has 0 bridgehead atoms. The molecule has 6 nitrogen and oxygen atoms in total. The van der Waals surface area contributed by atoms with E-state index in [4.69, 9.17) is 28.6 Å². The summed E-state index contributed by atoms with van der Waals surface area (Å²) >= 11 is 11.4. The maximum atomic E-state index is 12.6. The summed E-state index contributed by atoms with van der Waals surface area (Å²) in [5.74, 6) is 0.286. The van der Waals surface area contributed by atoms with E-state index in [-0.39, 0.29) is 18.2 Å². The fourth-order valence-corrected chi connectivity index (χ4v) is 3.62. The summed E-state index contributed by atoms with van der Waals surface area (Å²) in [6.45, 7) is 0.539. The highest BCUT2D eigenvalue weighted by molar-refractivity contribution is 7.80. The van der Waals surface area contributed by atoms with Gasteiger partial charge in [0, 0.05) is 24.3 Å². The van der Waals surface area contributed by atoms with Gasteiger partial charge in [0.05, 0.1) is 13.5 Å². The van der Waals surface area contributed by atoms with Crippen LogP contribution in [0.3, 0.4) is 0 Å².